The molecule has 14 heavy (non-hydrogen) atoms. The van der Waals surface area contributed by atoms with Crippen molar-refractivity contribution in [1.82, 2.24) is 0 Å². The predicted molar refractivity (Wildman–Crippen MR) is 57.4 cm³/mol. The molecule has 68 valence electrons. The van der Waals surface area contributed by atoms with E-state index in [-0.39, 0.29) is 5.78 Å². The summed E-state index contributed by atoms with van der Waals surface area (Å²) < 4.78 is 0. The van der Waals surface area contributed by atoms with Crippen LogP contribution in [-0.4, -0.2) is 12.0 Å². The van der Waals surface area contributed by atoms with Crippen LogP contribution in [-0.2, 0) is 0 Å². The van der Waals surface area contributed by atoms with E-state index in [0.29, 0.717) is 5.56 Å². The minimum Gasteiger partial charge on any atom is -0.289 e. The zero-order chi connectivity index (χ0) is 9.80. The Bertz CT molecular complexity index is 441. The highest BCUT2D eigenvalue weighted by Crippen LogP contribution is 2.12. The Morgan fingerprint density at radius 3 is 2.86 bits per heavy atom. The quantitative estimate of drug-likeness (QED) is 0.607. The number of carbonyl (C=O) groups excluding carboxylic acids is 1. The molecule has 0 radical (unpaired) electrons. The molecule has 2 heteroatoms. The van der Waals surface area contributed by atoms with Gasteiger partial charge < -0.3 is 0 Å². The summed E-state index contributed by atoms with van der Waals surface area (Å²) in [6, 6.07) is 7.50. The van der Waals surface area contributed by atoms with Crippen LogP contribution in [0.25, 0.3) is 6.08 Å². The van der Waals surface area contributed by atoms with Gasteiger partial charge in [-0.3, -0.25) is 9.79 Å². The van der Waals surface area contributed by atoms with Crippen LogP contribution in [0.15, 0.2) is 47.6 Å². The van der Waals surface area contributed by atoms with E-state index in [2.05, 4.69) is 4.99 Å². The largest absolute Gasteiger partial charge is 0.289 e. The first-order chi connectivity index (χ1) is 6.88. The summed E-state index contributed by atoms with van der Waals surface area (Å²) in [6.07, 6.45) is 8.34. The maximum Gasteiger partial charge on any atom is 0.187 e. The Kier molecular flexibility index (Phi) is 2.36. The van der Waals surface area contributed by atoms with Crippen molar-refractivity contribution < 1.29 is 4.79 Å². The van der Waals surface area contributed by atoms with Gasteiger partial charge in [0, 0.05) is 24.1 Å². The average molecular weight is 183 g/mol. The number of benzene rings is 1. The van der Waals surface area contributed by atoms with Gasteiger partial charge >= 0.3 is 0 Å². The number of hydrogen-bond donors (Lipinski definition) is 0. The van der Waals surface area contributed by atoms with E-state index in [1.807, 2.05) is 36.4 Å². The molecule has 1 aliphatic rings. The molecule has 1 aromatic rings. The van der Waals surface area contributed by atoms with Crippen molar-refractivity contribution in [3.8, 4) is 0 Å². The van der Waals surface area contributed by atoms with Crippen LogP contribution in [0.2, 0.25) is 0 Å². The van der Waals surface area contributed by atoms with Gasteiger partial charge in [0.25, 0.3) is 0 Å². The minimum absolute atomic E-state index is 0.00991. The standard InChI is InChI=1S/C12H9NO/c14-12-7-9-13-8-3-5-10-4-1-2-6-11(10)12/h1-9H/b5-3+,9-7+,13-8+. The molecule has 0 N–H and O–H groups in total. The molecule has 0 saturated carbocycles. The molecule has 0 unspecified atom stereocenters. The summed E-state index contributed by atoms with van der Waals surface area (Å²) in [5.74, 6) is -0.00991. The molecular weight excluding hydrogens is 174 g/mol. The molecule has 0 bridgehead atoms. The highest BCUT2D eigenvalue weighted by molar-refractivity contribution is 6.07. The smallest absolute Gasteiger partial charge is 0.187 e. The van der Waals surface area contributed by atoms with Gasteiger partial charge in [-0.1, -0.05) is 30.3 Å². The lowest BCUT2D eigenvalue weighted by Gasteiger charge is -2.00. The molecule has 0 fully saturated rings. The van der Waals surface area contributed by atoms with Crippen LogP contribution in [0.4, 0.5) is 0 Å². The van der Waals surface area contributed by atoms with E-state index in [1.54, 1.807) is 6.21 Å². The second-order valence-corrected chi connectivity index (χ2v) is 2.92. The third-order valence-electron chi connectivity index (χ3n) is 1.99. The third-order valence-corrected chi connectivity index (χ3v) is 1.99. The van der Waals surface area contributed by atoms with Crippen molar-refractivity contribution in [2.45, 2.75) is 0 Å². The molecule has 2 nitrogen and oxygen atoms in total. The molecule has 2 rings (SSSR count). The third kappa shape index (κ3) is 1.69. The topological polar surface area (TPSA) is 29.4 Å². The van der Waals surface area contributed by atoms with Gasteiger partial charge in [-0.15, -0.1) is 0 Å². The highest BCUT2D eigenvalue weighted by Gasteiger charge is 2.05. The van der Waals surface area contributed by atoms with Gasteiger partial charge in [-0.25, -0.2) is 0 Å². The molecule has 1 aliphatic heterocycles. The van der Waals surface area contributed by atoms with Crippen LogP contribution < -0.4 is 0 Å². The van der Waals surface area contributed by atoms with Crippen LogP contribution >= 0.6 is 0 Å². The lowest BCUT2D eigenvalue weighted by atomic mass is 10.0. The van der Waals surface area contributed by atoms with E-state index >= 15 is 0 Å². The molecule has 0 saturated heterocycles. The number of hydrogen-bond acceptors (Lipinski definition) is 2. The Morgan fingerprint density at radius 1 is 1.07 bits per heavy atom. The number of allylic oxidation sites excluding steroid dienone is 2. The van der Waals surface area contributed by atoms with E-state index in [9.17, 15) is 4.79 Å². The summed E-state index contributed by atoms with van der Waals surface area (Å²) in [5.41, 5.74) is 1.64. The van der Waals surface area contributed by atoms with Crippen molar-refractivity contribution in [1.29, 1.82) is 0 Å². The molecule has 0 amide bonds. The predicted octanol–water partition coefficient (Wildman–Crippen LogP) is 2.48. The highest BCUT2D eigenvalue weighted by atomic mass is 16.1. The van der Waals surface area contributed by atoms with Crippen molar-refractivity contribution in [2.75, 3.05) is 0 Å². The maximum absolute atomic E-state index is 11.6. The fourth-order valence-corrected chi connectivity index (χ4v) is 1.31. The first kappa shape index (κ1) is 8.63. The van der Waals surface area contributed by atoms with Gasteiger partial charge in [-0.05, 0) is 11.6 Å². The number of nitrogens with zero attached hydrogens (tertiary/aromatic N) is 1. The van der Waals surface area contributed by atoms with Crippen LogP contribution in [0.1, 0.15) is 15.9 Å². The van der Waals surface area contributed by atoms with Gasteiger partial charge in [-0.2, -0.15) is 0 Å². The zero-order valence-corrected chi connectivity index (χ0v) is 7.55. The number of aliphatic imine (C=N–C) groups is 1. The summed E-state index contributed by atoms with van der Waals surface area (Å²) in [7, 11) is 0. The SMILES string of the molecule is O=C1/C=C/N=C/C=C/c2ccccc21. The van der Waals surface area contributed by atoms with Crippen LogP contribution in [0, 0.1) is 0 Å². The first-order valence-electron chi connectivity index (χ1n) is 4.38. The van der Waals surface area contributed by atoms with Crippen molar-refractivity contribution in [3.63, 3.8) is 0 Å². The Balaban J connectivity index is 2.57. The molecule has 0 atom stereocenters. The van der Waals surface area contributed by atoms with Crippen molar-refractivity contribution in [2.24, 2.45) is 4.99 Å². The van der Waals surface area contributed by atoms with Crippen LogP contribution in [0.5, 0.6) is 0 Å². The number of carbonyl (C=O) groups is 1. The molecular formula is C12H9NO. The summed E-state index contributed by atoms with van der Waals surface area (Å²) in [6.45, 7) is 0. The molecule has 1 aromatic carbocycles. The fraction of sp³-hybridized carbons (Fsp3) is 0. The number of fused-ring (bicyclic) bond motifs is 1. The second kappa shape index (κ2) is 3.83. The van der Waals surface area contributed by atoms with Gasteiger partial charge in [0.2, 0.25) is 0 Å². The van der Waals surface area contributed by atoms with E-state index < -0.39 is 0 Å². The molecule has 0 aliphatic carbocycles. The number of rotatable bonds is 0. The van der Waals surface area contributed by atoms with Crippen molar-refractivity contribution in [3.05, 3.63) is 53.7 Å². The molecule has 1 heterocycles. The van der Waals surface area contributed by atoms with E-state index in [0.717, 1.165) is 5.56 Å². The normalized spacial score (nSPS) is 21.3. The average Bonchev–Trinajstić information content (AvgIpc) is 2.30. The lowest BCUT2D eigenvalue weighted by molar-refractivity contribution is 0.104. The van der Waals surface area contributed by atoms with Gasteiger partial charge in [0.05, 0.1) is 0 Å². The van der Waals surface area contributed by atoms with Gasteiger partial charge in [0.1, 0.15) is 0 Å². The Labute approximate surface area is 82.3 Å². The summed E-state index contributed by atoms with van der Waals surface area (Å²) in [4.78, 5) is 15.5. The van der Waals surface area contributed by atoms with E-state index in [1.165, 1.54) is 12.3 Å². The summed E-state index contributed by atoms with van der Waals surface area (Å²) >= 11 is 0. The Morgan fingerprint density at radius 2 is 1.93 bits per heavy atom. The Hall–Kier alpha value is -1.96. The summed E-state index contributed by atoms with van der Waals surface area (Å²) in [5, 5.41) is 0. The van der Waals surface area contributed by atoms with Crippen LogP contribution in [0.3, 0.4) is 0 Å². The first-order valence-corrected chi connectivity index (χ1v) is 4.38. The lowest BCUT2D eigenvalue weighted by Crippen LogP contribution is -1.96. The number of ketones is 1. The van der Waals surface area contributed by atoms with Gasteiger partial charge in [0.15, 0.2) is 5.78 Å². The van der Waals surface area contributed by atoms with E-state index in [4.69, 9.17) is 0 Å². The van der Waals surface area contributed by atoms with Crippen molar-refractivity contribution >= 4 is 18.1 Å². The monoisotopic (exact) mass is 183 g/mol. The second-order valence-electron chi connectivity index (χ2n) is 2.92. The molecule has 0 spiro atoms. The fourth-order valence-electron chi connectivity index (χ4n) is 1.31. The maximum atomic E-state index is 11.6. The molecule has 0 aromatic heterocycles. The zero-order valence-electron chi connectivity index (χ0n) is 7.55. The minimum atomic E-state index is -0.00991.